The van der Waals surface area contributed by atoms with Crippen molar-refractivity contribution in [1.29, 1.82) is 0 Å². The number of amides is 2. The predicted molar refractivity (Wildman–Crippen MR) is 123 cm³/mol. The van der Waals surface area contributed by atoms with E-state index in [-0.39, 0.29) is 11.8 Å². The molecule has 2 heterocycles. The average Bonchev–Trinajstić information content (AvgIpc) is 3.34. The quantitative estimate of drug-likeness (QED) is 0.318. The largest absolute Gasteiger partial charge is 0.274 e. The summed E-state index contributed by atoms with van der Waals surface area (Å²) in [4.78, 5) is 26.5. The topological polar surface area (TPSA) is 68.1 Å². The number of carbonyl (C=O) groups excluding carboxylic acids is 2. The third kappa shape index (κ3) is 3.83. The number of imide groups is 1. The van der Waals surface area contributed by atoms with Gasteiger partial charge in [-0.3, -0.25) is 19.1 Å². The van der Waals surface area contributed by atoms with E-state index in [4.69, 9.17) is 0 Å². The Hall–Kier alpha value is -3.71. The van der Waals surface area contributed by atoms with Gasteiger partial charge in [-0.05, 0) is 29.8 Å². The van der Waals surface area contributed by atoms with E-state index in [9.17, 15) is 9.59 Å². The molecule has 1 aliphatic rings. The zero-order valence-corrected chi connectivity index (χ0v) is 18.0. The summed E-state index contributed by atoms with van der Waals surface area (Å²) < 4.78 is 2.04. The second-order valence-electron chi connectivity index (χ2n) is 7.39. The highest BCUT2D eigenvalue weighted by atomic mass is 32.2. The number of rotatable bonds is 7. The highest BCUT2D eigenvalue weighted by molar-refractivity contribution is 7.99. The third-order valence-electron chi connectivity index (χ3n) is 5.34. The Morgan fingerprint density at radius 3 is 1.97 bits per heavy atom. The van der Waals surface area contributed by atoms with Crippen molar-refractivity contribution in [3.05, 3.63) is 107 Å². The van der Waals surface area contributed by atoms with E-state index in [1.54, 1.807) is 24.3 Å². The molecular weight excluding hydrogens is 420 g/mol. The molecule has 6 nitrogen and oxygen atoms in total. The maximum absolute atomic E-state index is 12.6. The van der Waals surface area contributed by atoms with Crippen LogP contribution in [-0.4, -0.2) is 43.8 Å². The number of carbonyl (C=O) groups is 2. The molecule has 0 fully saturated rings. The van der Waals surface area contributed by atoms with Gasteiger partial charge in [0, 0.05) is 24.4 Å². The monoisotopic (exact) mass is 440 g/mol. The Balaban J connectivity index is 1.35. The van der Waals surface area contributed by atoms with E-state index in [0.29, 0.717) is 29.8 Å². The van der Waals surface area contributed by atoms with Crippen LogP contribution in [0, 0.1) is 0 Å². The van der Waals surface area contributed by atoms with Crippen molar-refractivity contribution < 1.29 is 9.59 Å². The van der Waals surface area contributed by atoms with Gasteiger partial charge in [0.25, 0.3) is 11.8 Å². The molecular formula is C25H20N4O2S. The summed E-state index contributed by atoms with van der Waals surface area (Å²) in [5, 5.41) is 9.60. The van der Waals surface area contributed by atoms with Crippen LogP contribution in [-0.2, 0) is 6.42 Å². The van der Waals surface area contributed by atoms with Crippen LogP contribution >= 0.6 is 11.8 Å². The van der Waals surface area contributed by atoms with Crippen LogP contribution in [0.5, 0.6) is 0 Å². The molecule has 1 aromatic heterocycles. The zero-order chi connectivity index (χ0) is 21.9. The second kappa shape index (κ2) is 8.80. The Labute approximate surface area is 189 Å². The van der Waals surface area contributed by atoms with Crippen LogP contribution in [0.1, 0.15) is 32.1 Å². The van der Waals surface area contributed by atoms with Gasteiger partial charge in [-0.25, -0.2) is 0 Å². The maximum atomic E-state index is 12.6. The number of nitrogens with zero attached hydrogens (tertiary/aromatic N) is 4. The number of hydrogen-bond acceptors (Lipinski definition) is 5. The van der Waals surface area contributed by atoms with Gasteiger partial charge in [-0.2, -0.15) is 0 Å². The van der Waals surface area contributed by atoms with Crippen molar-refractivity contribution in [2.45, 2.75) is 11.6 Å². The predicted octanol–water partition coefficient (Wildman–Crippen LogP) is 4.25. The molecule has 7 heteroatoms. The molecule has 158 valence electrons. The lowest BCUT2D eigenvalue weighted by Crippen LogP contribution is -2.31. The van der Waals surface area contributed by atoms with Crippen molar-refractivity contribution in [3.63, 3.8) is 0 Å². The number of thioether (sulfide) groups is 1. The number of para-hydroxylation sites is 1. The number of aromatic nitrogens is 3. The Bertz CT molecular complexity index is 1240. The van der Waals surface area contributed by atoms with Crippen molar-refractivity contribution in [1.82, 2.24) is 19.7 Å². The Kier molecular flexibility index (Phi) is 5.56. The van der Waals surface area contributed by atoms with Crippen molar-refractivity contribution in [3.8, 4) is 5.69 Å². The molecule has 0 unspecified atom stereocenters. The Morgan fingerprint density at radius 2 is 1.31 bits per heavy atom. The summed E-state index contributed by atoms with van der Waals surface area (Å²) in [5.41, 5.74) is 3.08. The fraction of sp³-hybridized carbons (Fsp3) is 0.120. The average molecular weight is 441 g/mol. The molecule has 0 spiro atoms. The minimum Gasteiger partial charge on any atom is -0.274 e. The molecule has 5 rings (SSSR count). The SMILES string of the molecule is O=C1c2ccccc2C(=O)N1CCSc1nnc(Cc2ccccc2)n1-c1ccccc1. The molecule has 3 aromatic carbocycles. The molecule has 32 heavy (non-hydrogen) atoms. The third-order valence-corrected chi connectivity index (χ3v) is 6.25. The fourth-order valence-electron chi connectivity index (χ4n) is 3.79. The smallest absolute Gasteiger partial charge is 0.261 e. The lowest BCUT2D eigenvalue weighted by atomic mass is 10.1. The lowest BCUT2D eigenvalue weighted by Gasteiger charge is -2.14. The molecule has 1 aliphatic heterocycles. The molecule has 0 saturated heterocycles. The van der Waals surface area contributed by atoms with Crippen LogP contribution in [0.3, 0.4) is 0 Å². The highest BCUT2D eigenvalue weighted by Crippen LogP contribution is 2.26. The van der Waals surface area contributed by atoms with Gasteiger partial charge in [0.2, 0.25) is 0 Å². The van der Waals surface area contributed by atoms with E-state index >= 15 is 0 Å². The summed E-state index contributed by atoms with van der Waals surface area (Å²) in [5.74, 6) is 0.897. The first kappa shape index (κ1) is 20.2. The summed E-state index contributed by atoms with van der Waals surface area (Å²) >= 11 is 1.49. The van der Waals surface area contributed by atoms with Crippen molar-refractivity contribution in [2.24, 2.45) is 0 Å². The molecule has 0 saturated carbocycles. The molecule has 0 atom stereocenters. The van der Waals surface area contributed by atoms with E-state index < -0.39 is 0 Å². The standard InChI is InChI=1S/C25H20N4O2S/c30-23-20-13-7-8-14-21(20)24(31)28(23)15-16-32-25-27-26-22(17-18-9-3-1-4-10-18)29(25)19-11-5-2-6-12-19/h1-14H,15-17H2. The van der Waals surface area contributed by atoms with Crippen LogP contribution < -0.4 is 0 Å². The van der Waals surface area contributed by atoms with Gasteiger partial charge in [0.1, 0.15) is 5.82 Å². The molecule has 0 aliphatic carbocycles. The molecule has 0 radical (unpaired) electrons. The van der Waals surface area contributed by atoms with Crippen molar-refractivity contribution in [2.75, 3.05) is 12.3 Å². The van der Waals surface area contributed by atoms with Gasteiger partial charge in [-0.1, -0.05) is 72.4 Å². The van der Waals surface area contributed by atoms with Gasteiger partial charge >= 0.3 is 0 Å². The van der Waals surface area contributed by atoms with Gasteiger partial charge in [-0.15, -0.1) is 10.2 Å². The van der Waals surface area contributed by atoms with E-state index in [1.165, 1.54) is 16.7 Å². The highest BCUT2D eigenvalue weighted by Gasteiger charge is 2.34. The van der Waals surface area contributed by atoms with Gasteiger partial charge in [0.05, 0.1) is 11.1 Å². The molecule has 0 bridgehead atoms. The van der Waals surface area contributed by atoms with Gasteiger partial charge in [0.15, 0.2) is 5.16 Å². The maximum Gasteiger partial charge on any atom is 0.261 e. The molecule has 2 amide bonds. The number of benzene rings is 3. The Morgan fingerprint density at radius 1 is 0.719 bits per heavy atom. The lowest BCUT2D eigenvalue weighted by molar-refractivity contribution is 0.0664. The van der Waals surface area contributed by atoms with Crippen LogP contribution in [0.2, 0.25) is 0 Å². The summed E-state index contributed by atoms with van der Waals surface area (Å²) in [7, 11) is 0. The van der Waals surface area contributed by atoms with E-state index in [0.717, 1.165) is 22.2 Å². The minimum atomic E-state index is -0.236. The van der Waals surface area contributed by atoms with Gasteiger partial charge < -0.3 is 0 Å². The molecule has 0 N–H and O–H groups in total. The first-order valence-corrected chi connectivity index (χ1v) is 11.3. The normalized spacial score (nSPS) is 12.9. The van der Waals surface area contributed by atoms with Crippen LogP contribution in [0.25, 0.3) is 5.69 Å². The minimum absolute atomic E-state index is 0.236. The van der Waals surface area contributed by atoms with Crippen LogP contribution in [0.4, 0.5) is 0 Å². The van der Waals surface area contributed by atoms with E-state index in [2.05, 4.69) is 22.3 Å². The fourth-order valence-corrected chi connectivity index (χ4v) is 4.69. The number of fused-ring (bicyclic) bond motifs is 1. The summed E-state index contributed by atoms with van der Waals surface area (Å²) in [6, 6.07) is 27.1. The zero-order valence-electron chi connectivity index (χ0n) is 17.2. The van der Waals surface area contributed by atoms with Crippen LogP contribution in [0.15, 0.2) is 90.1 Å². The summed E-state index contributed by atoms with van der Waals surface area (Å²) in [6.07, 6.45) is 0.654. The van der Waals surface area contributed by atoms with Crippen molar-refractivity contribution >= 4 is 23.6 Å². The second-order valence-corrected chi connectivity index (χ2v) is 8.45. The summed E-state index contributed by atoms with van der Waals surface area (Å²) in [6.45, 7) is 0.312. The first-order valence-electron chi connectivity index (χ1n) is 10.3. The van der Waals surface area contributed by atoms with E-state index in [1.807, 2.05) is 53.1 Å². The number of hydrogen-bond donors (Lipinski definition) is 0. The molecule has 4 aromatic rings. The first-order chi connectivity index (χ1) is 15.7.